The van der Waals surface area contributed by atoms with Gasteiger partial charge in [0.2, 0.25) is 0 Å². The highest BCUT2D eigenvalue weighted by atomic mass is 32.2. The Kier molecular flexibility index (Phi) is 5.00. The van der Waals surface area contributed by atoms with Crippen LogP contribution in [-0.2, 0) is 10.2 Å². The molecular formula is C12H25N3O2S. The van der Waals surface area contributed by atoms with Crippen molar-refractivity contribution in [1.82, 2.24) is 13.9 Å². The van der Waals surface area contributed by atoms with E-state index in [1.165, 1.54) is 6.42 Å². The summed E-state index contributed by atoms with van der Waals surface area (Å²) in [4.78, 5) is 2.42. The number of piperidine rings is 1. The molecule has 2 fully saturated rings. The van der Waals surface area contributed by atoms with Crippen LogP contribution in [0.3, 0.4) is 0 Å². The van der Waals surface area contributed by atoms with Gasteiger partial charge in [0.25, 0.3) is 10.2 Å². The van der Waals surface area contributed by atoms with Gasteiger partial charge in [0.15, 0.2) is 0 Å². The zero-order chi connectivity index (χ0) is 13.0. The number of likely N-dealkylation sites (tertiary alicyclic amines) is 1. The first kappa shape index (κ1) is 14.2. The molecule has 0 saturated carbocycles. The molecule has 0 aromatic carbocycles. The van der Waals surface area contributed by atoms with Crippen LogP contribution >= 0.6 is 0 Å². The van der Waals surface area contributed by atoms with Gasteiger partial charge in [-0.3, -0.25) is 0 Å². The van der Waals surface area contributed by atoms with Crippen LogP contribution in [0.2, 0.25) is 0 Å². The first-order valence-corrected chi connectivity index (χ1v) is 8.55. The van der Waals surface area contributed by atoms with Crippen LogP contribution < -0.4 is 4.72 Å². The van der Waals surface area contributed by atoms with Gasteiger partial charge < -0.3 is 4.90 Å². The summed E-state index contributed by atoms with van der Waals surface area (Å²) in [6, 6.07) is 0.128. The summed E-state index contributed by atoms with van der Waals surface area (Å²) < 4.78 is 28.7. The Bertz CT molecular complexity index is 344. The molecule has 5 nitrogen and oxygen atoms in total. The second-order valence-electron chi connectivity index (χ2n) is 5.34. The molecule has 106 valence electrons. The first-order chi connectivity index (χ1) is 8.62. The lowest BCUT2D eigenvalue weighted by atomic mass is 10.1. The fourth-order valence-electron chi connectivity index (χ4n) is 2.80. The van der Waals surface area contributed by atoms with E-state index < -0.39 is 10.2 Å². The SMILES string of the molecule is CCCN1CCC(NS(=O)(=O)N2CCCC2)CC1. The number of nitrogens with one attached hydrogen (secondary N) is 1. The molecule has 2 aliphatic heterocycles. The van der Waals surface area contributed by atoms with Crippen molar-refractivity contribution in [2.75, 3.05) is 32.7 Å². The molecule has 0 amide bonds. The number of nitrogens with zero attached hydrogens (tertiary/aromatic N) is 2. The molecule has 2 heterocycles. The molecule has 2 saturated heterocycles. The van der Waals surface area contributed by atoms with Gasteiger partial charge in [0.05, 0.1) is 0 Å². The van der Waals surface area contributed by atoms with Crippen LogP contribution in [0.4, 0.5) is 0 Å². The Morgan fingerprint density at radius 3 is 2.28 bits per heavy atom. The third kappa shape index (κ3) is 3.66. The summed E-state index contributed by atoms with van der Waals surface area (Å²) >= 11 is 0. The lowest BCUT2D eigenvalue weighted by Gasteiger charge is -2.32. The summed E-state index contributed by atoms with van der Waals surface area (Å²) in [6.45, 7) is 6.71. The molecule has 0 spiro atoms. The van der Waals surface area contributed by atoms with Gasteiger partial charge in [-0.05, 0) is 51.7 Å². The molecular weight excluding hydrogens is 250 g/mol. The van der Waals surface area contributed by atoms with Gasteiger partial charge in [-0.25, -0.2) is 0 Å². The summed E-state index contributed by atoms with van der Waals surface area (Å²) in [6.07, 6.45) is 5.04. The first-order valence-electron chi connectivity index (χ1n) is 7.11. The molecule has 0 aromatic rings. The summed E-state index contributed by atoms with van der Waals surface area (Å²) in [7, 11) is -3.22. The van der Waals surface area contributed by atoms with Gasteiger partial charge in [-0.2, -0.15) is 17.4 Å². The van der Waals surface area contributed by atoms with Gasteiger partial charge >= 0.3 is 0 Å². The minimum Gasteiger partial charge on any atom is -0.303 e. The van der Waals surface area contributed by atoms with Crippen LogP contribution in [0.1, 0.15) is 39.0 Å². The van der Waals surface area contributed by atoms with Crippen molar-refractivity contribution in [2.45, 2.75) is 45.1 Å². The fourth-order valence-corrected chi connectivity index (χ4v) is 4.35. The lowest BCUT2D eigenvalue weighted by molar-refractivity contribution is 0.206. The van der Waals surface area contributed by atoms with Crippen molar-refractivity contribution < 1.29 is 8.42 Å². The maximum Gasteiger partial charge on any atom is 0.279 e. The van der Waals surface area contributed by atoms with Crippen LogP contribution in [0.5, 0.6) is 0 Å². The highest BCUT2D eigenvalue weighted by Gasteiger charge is 2.29. The molecule has 0 aromatic heterocycles. The zero-order valence-electron chi connectivity index (χ0n) is 11.3. The molecule has 0 unspecified atom stereocenters. The fraction of sp³-hybridized carbons (Fsp3) is 1.00. The zero-order valence-corrected chi connectivity index (χ0v) is 12.1. The molecule has 0 atom stereocenters. The van der Waals surface area contributed by atoms with Crippen LogP contribution in [0.25, 0.3) is 0 Å². The second-order valence-corrected chi connectivity index (χ2v) is 7.05. The van der Waals surface area contributed by atoms with Gasteiger partial charge in [0, 0.05) is 19.1 Å². The minimum atomic E-state index is -3.22. The maximum absolute atomic E-state index is 12.1. The topological polar surface area (TPSA) is 52.7 Å². The monoisotopic (exact) mass is 275 g/mol. The van der Waals surface area contributed by atoms with Gasteiger partial charge in [-0.15, -0.1) is 0 Å². The third-order valence-electron chi connectivity index (χ3n) is 3.85. The van der Waals surface area contributed by atoms with E-state index in [9.17, 15) is 8.42 Å². The van der Waals surface area contributed by atoms with E-state index in [0.29, 0.717) is 13.1 Å². The average Bonchev–Trinajstić information content (AvgIpc) is 2.86. The number of rotatable bonds is 5. The Morgan fingerprint density at radius 1 is 1.11 bits per heavy atom. The predicted octanol–water partition coefficient (Wildman–Crippen LogP) is 0.791. The molecule has 1 N–H and O–H groups in total. The van der Waals surface area contributed by atoms with E-state index in [2.05, 4.69) is 16.5 Å². The van der Waals surface area contributed by atoms with E-state index in [1.54, 1.807) is 4.31 Å². The van der Waals surface area contributed by atoms with Gasteiger partial charge in [0.1, 0.15) is 0 Å². The maximum atomic E-state index is 12.1. The normalized spacial score (nSPS) is 24.7. The Morgan fingerprint density at radius 2 is 1.72 bits per heavy atom. The summed E-state index contributed by atoms with van der Waals surface area (Å²) in [5, 5.41) is 0. The van der Waals surface area contributed by atoms with E-state index >= 15 is 0 Å². The van der Waals surface area contributed by atoms with Crippen molar-refractivity contribution in [1.29, 1.82) is 0 Å². The Labute approximate surface area is 111 Å². The number of hydrogen-bond donors (Lipinski definition) is 1. The molecule has 2 rings (SSSR count). The second kappa shape index (κ2) is 6.32. The minimum absolute atomic E-state index is 0.128. The highest BCUT2D eigenvalue weighted by molar-refractivity contribution is 7.87. The van der Waals surface area contributed by atoms with Crippen molar-refractivity contribution in [3.8, 4) is 0 Å². The smallest absolute Gasteiger partial charge is 0.279 e. The average molecular weight is 275 g/mol. The predicted molar refractivity (Wildman–Crippen MR) is 72.6 cm³/mol. The van der Waals surface area contributed by atoms with E-state index in [0.717, 1.165) is 45.3 Å². The quantitative estimate of drug-likeness (QED) is 0.807. The molecule has 0 radical (unpaired) electrons. The van der Waals surface area contributed by atoms with Crippen molar-refractivity contribution in [3.05, 3.63) is 0 Å². The summed E-state index contributed by atoms with van der Waals surface area (Å²) in [5.74, 6) is 0. The van der Waals surface area contributed by atoms with Crippen molar-refractivity contribution in [3.63, 3.8) is 0 Å². The van der Waals surface area contributed by atoms with E-state index in [-0.39, 0.29) is 6.04 Å². The van der Waals surface area contributed by atoms with E-state index in [4.69, 9.17) is 0 Å². The van der Waals surface area contributed by atoms with Gasteiger partial charge in [-0.1, -0.05) is 6.92 Å². The standard InChI is InChI=1S/C12H25N3O2S/c1-2-7-14-10-5-12(6-11-14)13-18(16,17)15-8-3-4-9-15/h12-13H,2-11H2,1H3. The van der Waals surface area contributed by atoms with E-state index in [1.807, 2.05) is 0 Å². The Balaban J connectivity index is 1.80. The summed E-state index contributed by atoms with van der Waals surface area (Å²) in [5.41, 5.74) is 0. The van der Waals surface area contributed by atoms with Crippen molar-refractivity contribution in [2.24, 2.45) is 0 Å². The molecule has 18 heavy (non-hydrogen) atoms. The van der Waals surface area contributed by atoms with Crippen LogP contribution in [0.15, 0.2) is 0 Å². The molecule has 0 bridgehead atoms. The number of hydrogen-bond acceptors (Lipinski definition) is 3. The highest BCUT2D eigenvalue weighted by Crippen LogP contribution is 2.15. The third-order valence-corrected chi connectivity index (χ3v) is 5.52. The molecule has 6 heteroatoms. The molecule has 2 aliphatic rings. The molecule has 0 aliphatic carbocycles. The lowest BCUT2D eigenvalue weighted by Crippen LogP contribution is -2.48. The van der Waals surface area contributed by atoms with Crippen LogP contribution in [-0.4, -0.2) is 56.4 Å². The largest absolute Gasteiger partial charge is 0.303 e. The van der Waals surface area contributed by atoms with Crippen LogP contribution in [0, 0.1) is 0 Å². The van der Waals surface area contributed by atoms with Crippen molar-refractivity contribution >= 4 is 10.2 Å². The Hall–Kier alpha value is -0.170.